The molecule has 0 aromatic heterocycles. The molecule has 0 atom stereocenters. The van der Waals surface area contributed by atoms with Gasteiger partial charge < -0.3 is 15.5 Å². The molecule has 126 valence electrons. The van der Waals surface area contributed by atoms with Crippen LogP contribution in [0.4, 0.5) is 5.69 Å². The van der Waals surface area contributed by atoms with Gasteiger partial charge in [0.2, 0.25) is 17.7 Å². The van der Waals surface area contributed by atoms with Crippen LogP contribution in [-0.2, 0) is 14.4 Å². The molecule has 1 aromatic rings. The maximum Gasteiger partial charge on any atom is 0.234 e. The smallest absolute Gasteiger partial charge is 0.234 e. The quantitative estimate of drug-likeness (QED) is 0.749. The van der Waals surface area contributed by atoms with Gasteiger partial charge in [0.25, 0.3) is 0 Å². The van der Waals surface area contributed by atoms with Crippen LogP contribution in [0.3, 0.4) is 0 Å². The van der Waals surface area contributed by atoms with Crippen molar-refractivity contribution < 1.29 is 14.4 Å². The van der Waals surface area contributed by atoms with E-state index in [9.17, 15) is 14.4 Å². The Morgan fingerprint density at radius 2 is 1.65 bits per heavy atom. The predicted molar refractivity (Wildman–Crippen MR) is 93.5 cm³/mol. The Balaban J connectivity index is 2.15. The van der Waals surface area contributed by atoms with Gasteiger partial charge in [-0.15, -0.1) is 11.8 Å². The van der Waals surface area contributed by atoms with Gasteiger partial charge in [0.05, 0.1) is 11.5 Å². The number of nitrogens with zero attached hydrogens (tertiary/aromatic N) is 1. The van der Waals surface area contributed by atoms with Crippen LogP contribution in [0.1, 0.15) is 12.0 Å². The highest BCUT2D eigenvalue weighted by molar-refractivity contribution is 8.00. The monoisotopic (exact) mass is 337 g/mol. The lowest BCUT2D eigenvalue weighted by Crippen LogP contribution is -2.31. The molecule has 7 heteroatoms. The number of amides is 3. The summed E-state index contributed by atoms with van der Waals surface area (Å²) in [7, 11) is 3.35. The molecule has 0 aliphatic carbocycles. The van der Waals surface area contributed by atoms with E-state index >= 15 is 0 Å². The Kier molecular flexibility index (Phi) is 8.18. The first-order valence-corrected chi connectivity index (χ1v) is 8.45. The van der Waals surface area contributed by atoms with Crippen LogP contribution in [-0.4, -0.2) is 54.8 Å². The van der Waals surface area contributed by atoms with Crippen LogP contribution in [0.2, 0.25) is 0 Å². The van der Waals surface area contributed by atoms with Crippen LogP contribution in [0, 0.1) is 6.92 Å². The number of hydrogen-bond donors (Lipinski definition) is 2. The van der Waals surface area contributed by atoms with E-state index in [1.54, 1.807) is 14.1 Å². The summed E-state index contributed by atoms with van der Waals surface area (Å²) >= 11 is 1.24. The third-order valence-electron chi connectivity index (χ3n) is 2.96. The molecule has 2 N–H and O–H groups in total. The molecule has 0 unspecified atom stereocenters. The number of carbonyl (C=O) groups excluding carboxylic acids is 3. The summed E-state index contributed by atoms with van der Waals surface area (Å²) in [5, 5.41) is 5.43. The van der Waals surface area contributed by atoms with Crippen molar-refractivity contribution in [1.82, 2.24) is 10.2 Å². The van der Waals surface area contributed by atoms with Gasteiger partial charge in [0, 0.05) is 32.7 Å². The van der Waals surface area contributed by atoms with E-state index < -0.39 is 0 Å². The van der Waals surface area contributed by atoms with Gasteiger partial charge in [-0.25, -0.2) is 0 Å². The highest BCUT2D eigenvalue weighted by Gasteiger charge is 2.08. The van der Waals surface area contributed by atoms with Gasteiger partial charge in [0.1, 0.15) is 0 Å². The molecule has 1 rings (SSSR count). The Morgan fingerprint density at radius 1 is 1.04 bits per heavy atom. The number of hydrogen-bond acceptors (Lipinski definition) is 4. The van der Waals surface area contributed by atoms with E-state index in [1.165, 1.54) is 16.7 Å². The first kappa shape index (κ1) is 19.0. The molecule has 0 saturated carbocycles. The molecule has 0 saturated heterocycles. The van der Waals surface area contributed by atoms with Crippen LogP contribution in [0.25, 0.3) is 0 Å². The number of rotatable bonds is 8. The Labute approximate surface area is 141 Å². The molecule has 6 nitrogen and oxygen atoms in total. The lowest BCUT2D eigenvalue weighted by atomic mass is 10.2. The van der Waals surface area contributed by atoms with Crippen LogP contribution < -0.4 is 10.6 Å². The third-order valence-corrected chi connectivity index (χ3v) is 3.89. The molecule has 1 aromatic carbocycles. The van der Waals surface area contributed by atoms with Crippen LogP contribution in [0.5, 0.6) is 0 Å². The zero-order chi connectivity index (χ0) is 17.2. The topological polar surface area (TPSA) is 78.5 Å². The van der Waals surface area contributed by atoms with E-state index in [1.807, 2.05) is 31.2 Å². The molecule has 0 fully saturated rings. The fourth-order valence-electron chi connectivity index (χ4n) is 1.65. The second-order valence-corrected chi connectivity index (χ2v) is 6.28. The minimum absolute atomic E-state index is 0.0320. The fraction of sp³-hybridized carbons (Fsp3) is 0.438. The molecule has 0 spiro atoms. The van der Waals surface area contributed by atoms with Crippen molar-refractivity contribution in [1.29, 1.82) is 0 Å². The van der Waals surface area contributed by atoms with Gasteiger partial charge >= 0.3 is 0 Å². The Bertz CT molecular complexity index is 544. The number of aryl methyl sites for hydroxylation is 1. The summed E-state index contributed by atoms with van der Waals surface area (Å²) in [6.07, 6.45) is 0.275. The molecule has 0 aliphatic rings. The summed E-state index contributed by atoms with van der Waals surface area (Å²) < 4.78 is 0. The highest BCUT2D eigenvalue weighted by Crippen LogP contribution is 2.09. The molecule has 0 bridgehead atoms. The molecule has 3 amide bonds. The number of thioether (sulfide) groups is 1. The van der Waals surface area contributed by atoms with E-state index in [4.69, 9.17) is 0 Å². The van der Waals surface area contributed by atoms with Gasteiger partial charge in [-0.05, 0) is 19.1 Å². The normalized spacial score (nSPS) is 10.0. The average molecular weight is 337 g/mol. The minimum Gasteiger partial charge on any atom is -0.355 e. The lowest BCUT2D eigenvalue weighted by molar-refractivity contribution is -0.128. The molecule has 0 radical (unpaired) electrons. The van der Waals surface area contributed by atoms with Gasteiger partial charge in [-0.1, -0.05) is 17.7 Å². The molecular weight excluding hydrogens is 314 g/mol. The van der Waals surface area contributed by atoms with Crippen molar-refractivity contribution in [3.8, 4) is 0 Å². The van der Waals surface area contributed by atoms with E-state index in [2.05, 4.69) is 10.6 Å². The third kappa shape index (κ3) is 8.25. The summed E-state index contributed by atoms with van der Waals surface area (Å²) in [6, 6.07) is 7.52. The molecule has 0 aliphatic heterocycles. The first-order valence-electron chi connectivity index (χ1n) is 7.29. The van der Waals surface area contributed by atoms with Crippen LogP contribution in [0.15, 0.2) is 24.3 Å². The maximum atomic E-state index is 11.7. The highest BCUT2D eigenvalue weighted by atomic mass is 32.2. The summed E-state index contributed by atoms with van der Waals surface area (Å²) in [5.41, 5.74) is 1.87. The van der Waals surface area contributed by atoms with Gasteiger partial charge in [-0.2, -0.15) is 0 Å². The lowest BCUT2D eigenvalue weighted by Gasteiger charge is -2.10. The van der Waals surface area contributed by atoms with E-state index in [0.717, 1.165) is 11.3 Å². The standard InChI is InChI=1S/C16H23N3O3S/c1-12-4-6-13(7-5-12)18-15(21)11-23-10-14(20)17-9-8-16(22)19(2)3/h4-7H,8-11H2,1-3H3,(H,17,20)(H,18,21). The number of carbonyl (C=O) groups is 3. The van der Waals surface area contributed by atoms with Crippen molar-refractivity contribution in [3.63, 3.8) is 0 Å². The number of anilines is 1. The predicted octanol–water partition coefficient (Wildman–Crippen LogP) is 1.26. The maximum absolute atomic E-state index is 11.7. The van der Waals surface area contributed by atoms with E-state index in [0.29, 0.717) is 6.54 Å². The van der Waals surface area contributed by atoms with Crippen molar-refractivity contribution in [2.75, 3.05) is 37.5 Å². The molecular formula is C16H23N3O3S. The fourth-order valence-corrected chi connectivity index (χ4v) is 2.30. The summed E-state index contributed by atoms with van der Waals surface area (Å²) in [5.74, 6) is 0.0460. The van der Waals surface area contributed by atoms with Gasteiger partial charge in [0.15, 0.2) is 0 Å². The van der Waals surface area contributed by atoms with E-state index in [-0.39, 0.29) is 35.6 Å². The van der Waals surface area contributed by atoms with Crippen molar-refractivity contribution in [2.24, 2.45) is 0 Å². The van der Waals surface area contributed by atoms with Crippen molar-refractivity contribution >= 4 is 35.2 Å². The molecule has 0 heterocycles. The number of nitrogens with one attached hydrogen (secondary N) is 2. The largest absolute Gasteiger partial charge is 0.355 e. The zero-order valence-corrected chi connectivity index (χ0v) is 14.5. The Morgan fingerprint density at radius 3 is 2.26 bits per heavy atom. The Hall–Kier alpha value is -2.02. The first-order chi connectivity index (χ1) is 10.9. The molecule has 23 heavy (non-hydrogen) atoms. The summed E-state index contributed by atoms with van der Waals surface area (Å²) in [6.45, 7) is 2.29. The number of benzene rings is 1. The van der Waals surface area contributed by atoms with Crippen molar-refractivity contribution in [2.45, 2.75) is 13.3 Å². The SMILES string of the molecule is Cc1ccc(NC(=O)CSCC(=O)NCCC(=O)N(C)C)cc1. The average Bonchev–Trinajstić information content (AvgIpc) is 2.49. The van der Waals surface area contributed by atoms with Crippen LogP contribution >= 0.6 is 11.8 Å². The second kappa shape index (κ2) is 9.89. The summed E-state index contributed by atoms with van der Waals surface area (Å²) in [4.78, 5) is 36.1. The minimum atomic E-state index is -0.176. The second-order valence-electron chi connectivity index (χ2n) is 5.30. The van der Waals surface area contributed by atoms with Gasteiger partial charge in [-0.3, -0.25) is 14.4 Å². The zero-order valence-electron chi connectivity index (χ0n) is 13.7. The van der Waals surface area contributed by atoms with Crippen molar-refractivity contribution in [3.05, 3.63) is 29.8 Å².